The Morgan fingerprint density at radius 2 is 2.00 bits per heavy atom. The van der Waals surface area contributed by atoms with Crippen molar-refractivity contribution in [1.82, 2.24) is 15.3 Å². The van der Waals surface area contributed by atoms with Crippen LogP contribution in [0.1, 0.15) is 24.1 Å². The highest BCUT2D eigenvalue weighted by Gasteiger charge is 2.17. The molecule has 1 N–H and O–H groups in total. The molecule has 20 heavy (non-hydrogen) atoms. The monoisotopic (exact) mass is 347 g/mol. The Balaban J connectivity index is 2.07. The smallest absolute Gasteiger partial charge is 0.0890 e. The van der Waals surface area contributed by atoms with Crippen LogP contribution in [0.4, 0.5) is 0 Å². The van der Waals surface area contributed by atoms with Crippen molar-refractivity contribution in [3.63, 3.8) is 0 Å². The fraction of sp³-hybridized carbons (Fsp3) is 0.200. The number of hydrogen-bond donors (Lipinski definition) is 1. The van der Waals surface area contributed by atoms with Crippen LogP contribution in [0, 0.1) is 0 Å². The Bertz CT molecular complexity index is 726. The van der Waals surface area contributed by atoms with E-state index in [1.807, 2.05) is 6.07 Å². The zero-order valence-electron chi connectivity index (χ0n) is 11.0. The topological polar surface area (TPSA) is 37.8 Å². The number of benzene rings is 1. The molecule has 3 nitrogen and oxygen atoms in total. The van der Waals surface area contributed by atoms with E-state index < -0.39 is 0 Å². The third-order valence-electron chi connectivity index (χ3n) is 3.19. The summed E-state index contributed by atoms with van der Waals surface area (Å²) < 4.78 is 1.15. The van der Waals surface area contributed by atoms with E-state index >= 15 is 0 Å². The maximum atomic E-state index is 4.39. The number of hydrogen-bond acceptors (Lipinski definition) is 4. The molecule has 102 valence electrons. The average molecular weight is 348 g/mol. The molecule has 1 unspecified atom stereocenters. The summed E-state index contributed by atoms with van der Waals surface area (Å²) in [6.07, 6.45) is 3.45. The van der Waals surface area contributed by atoms with Crippen LogP contribution in [0.2, 0.25) is 0 Å². The minimum Gasteiger partial charge on any atom is -0.306 e. The lowest BCUT2D eigenvalue weighted by molar-refractivity contribution is 0.631. The highest BCUT2D eigenvalue weighted by atomic mass is 79.9. The van der Waals surface area contributed by atoms with Crippen molar-refractivity contribution in [1.29, 1.82) is 0 Å². The van der Waals surface area contributed by atoms with Crippen molar-refractivity contribution in [2.24, 2.45) is 0 Å². The Hall–Kier alpha value is -1.30. The van der Waals surface area contributed by atoms with Gasteiger partial charge in [-0.05, 0) is 51.1 Å². The van der Waals surface area contributed by atoms with E-state index in [4.69, 9.17) is 0 Å². The van der Waals surface area contributed by atoms with Gasteiger partial charge in [0, 0.05) is 22.2 Å². The molecule has 0 aliphatic heterocycles. The number of nitrogens with zero attached hydrogens (tertiary/aromatic N) is 2. The molecule has 5 heteroatoms. The van der Waals surface area contributed by atoms with Gasteiger partial charge in [0.05, 0.1) is 17.1 Å². The van der Waals surface area contributed by atoms with Gasteiger partial charge in [-0.15, -0.1) is 0 Å². The molecule has 0 fully saturated rings. The molecule has 3 aromatic rings. The molecule has 1 atom stereocenters. The van der Waals surface area contributed by atoms with Crippen LogP contribution in [-0.4, -0.2) is 16.5 Å². The summed E-state index contributed by atoms with van der Waals surface area (Å²) in [6, 6.07) is 6.43. The second kappa shape index (κ2) is 5.99. The Morgan fingerprint density at radius 1 is 1.20 bits per heavy atom. The molecular formula is C15H14BrN3S. The molecule has 0 amide bonds. The number of halogens is 1. The molecule has 3 rings (SSSR count). The maximum absolute atomic E-state index is 4.39. The van der Waals surface area contributed by atoms with Crippen LogP contribution in [-0.2, 0) is 0 Å². The van der Waals surface area contributed by atoms with Crippen molar-refractivity contribution in [3.05, 3.63) is 57.0 Å². The minimum atomic E-state index is 0.173. The van der Waals surface area contributed by atoms with Gasteiger partial charge in [0.2, 0.25) is 0 Å². The van der Waals surface area contributed by atoms with Crippen molar-refractivity contribution >= 4 is 38.3 Å². The van der Waals surface area contributed by atoms with Gasteiger partial charge in [0.15, 0.2) is 0 Å². The van der Waals surface area contributed by atoms with Gasteiger partial charge in [0.25, 0.3) is 0 Å². The average Bonchev–Trinajstić information content (AvgIpc) is 2.90. The summed E-state index contributed by atoms with van der Waals surface area (Å²) in [5.41, 5.74) is 4.33. The summed E-state index contributed by atoms with van der Waals surface area (Å²) in [4.78, 5) is 8.71. The standard InChI is InChI=1S/C15H14BrN3S/c1-2-17-15(11-8-20-9-12(11)16)10-3-4-13-14(7-10)19-6-5-18-13/h3-9,15,17H,2H2,1H3. The first kappa shape index (κ1) is 13.7. The number of fused-ring (bicyclic) bond motifs is 1. The van der Waals surface area contributed by atoms with Gasteiger partial charge >= 0.3 is 0 Å². The fourth-order valence-electron chi connectivity index (χ4n) is 2.27. The molecule has 0 bridgehead atoms. The first-order chi connectivity index (χ1) is 9.79. The van der Waals surface area contributed by atoms with E-state index in [0.29, 0.717) is 0 Å². The van der Waals surface area contributed by atoms with Crippen LogP contribution in [0.15, 0.2) is 45.8 Å². The first-order valence-electron chi connectivity index (χ1n) is 6.45. The first-order valence-corrected chi connectivity index (χ1v) is 8.19. The van der Waals surface area contributed by atoms with E-state index in [0.717, 1.165) is 22.1 Å². The third kappa shape index (κ3) is 2.61. The fourth-order valence-corrected chi connectivity index (χ4v) is 3.82. The predicted octanol–water partition coefficient (Wildman–Crippen LogP) is 4.15. The van der Waals surface area contributed by atoms with Gasteiger partial charge in [-0.25, -0.2) is 0 Å². The van der Waals surface area contributed by atoms with Gasteiger partial charge in [-0.3, -0.25) is 9.97 Å². The number of rotatable bonds is 4. The highest BCUT2D eigenvalue weighted by Crippen LogP contribution is 2.32. The van der Waals surface area contributed by atoms with Gasteiger partial charge in [-0.2, -0.15) is 11.3 Å². The van der Waals surface area contributed by atoms with E-state index in [2.05, 4.69) is 61.0 Å². The highest BCUT2D eigenvalue weighted by molar-refractivity contribution is 9.10. The lowest BCUT2D eigenvalue weighted by Gasteiger charge is -2.18. The van der Waals surface area contributed by atoms with Crippen molar-refractivity contribution in [2.45, 2.75) is 13.0 Å². The van der Waals surface area contributed by atoms with Crippen LogP contribution in [0.5, 0.6) is 0 Å². The summed E-state index contributed by atoms with van der Waals surface area (Å²) in [7, 11) is 0. The zero-order chi connectivity index (χ0) is 13.9. The second-order valence-electron chi connectivity index (χ2n) is 4.47. The van der Waals surface area contributed by atoms with E-state index in [-0.39, 0.29) is 6.04 Å². The van der Waals surface area contributed by atoms with Crippen LogP contribution >= 0.6 is 27.3 Å². The van der Waals surface area contributed by atoms with Gasteiger partial charge in [-0.1, -0.05) is 13.0 Å². The van der Waals surface area contributed by atoms with Crippen LogP contribution in [0.3, 0.4) is 0 Å². The van der Waals surface area contributed by atoms with Gasteiger partial charge in [0.1, 0.15) is 0 Å². The molecular weight excluding hydrogens is 334 g/mol. The van der Waals surface area contributed by atoms with Crippen molar-refractivity contribution < 1.29 is 0 Å². The van der Waals surface area contributed by atoms with Crippen molar-refractivity contribution in [3.8, 4) is 0 Å². The quantitative estimate of drug-likeness (QED) is 0.770. The third-order valence-corrected chi connectivity index (χ3v) is 4.94. The minimum absolute atomic E-state index is 0.173. The van der Waals surface area contributed by atoms with Crippen molar-refractivity contribution in [2.75, 3.05) is 6.54 Å². The molecule has 0 saturated heterocycles. The number of nitrogens with one attached hydrogen (secondary N) is 1. The summed E-state index contributed by atoms with van der Waals surface area (Å²) >= 11 is 5.33. The second-order valence-corrected chi connectivity index (χ2v) is 6.07. The normalized spacial score (nSPS) is 12.7. The van der Waals surface area contributed by atoms with E-state index in [1.54, 1.807) is 23.7 Å². The molecule has 1 aromatic carbocycles. The van der Waals surface area contributed by atoms with E-state index in [9.17, 15) is 0 Å². The largest absolute Gasteiger partial charge is 0.306 e. The number of thiophene rings is 1. The number of aromatic nitrogens is 2. The predicted molar refractivity (Wildman–Crippen MR) is 87.1 cm³/mol. The molecule has 2 aromatic heterocycles. The SMILES string of the molecule is CCNC(c1ccc2nccnc2c1)c1cscc1Br. The lowest BCUT2D eigenvalue weighted by atomic mass is 10.0. The Morgan fingerprint density at radius 3 is 2.70 bits per heavy atom. The van der Waals surface area contributed by atoms with Gasteiger partial charge < -0.3 is 5.32 Å². The molecule has 0 radical (unpaired) electrons. The summed E-state index contributed by atoms with van der Waals surface area (Å²) in [6.45, 7) is 3.03. The Labute approximate surface area is 130 Å². The molecule has 0 spiro atoms. The van der Waals surface area contributed by atoms with Crippen LogP contribution in [0.25, 0.3) is 11.0 Å². The van der Waals surface area contributed by atoms with Crippen LogP contribution < -0.4 is 5.32 Å². The lowest BCUT2D eigenvalue weighted by Crippen LogP contribution is -2.21. The summed E-state index contributed by atoms with van der Waals surface area (Å²) in [5, 5.41) is 7.83. The van der Waals surface area contributed by atoms with E-state index in [1.165, 1.54) is 11.1 Å². The molecule has 0 aliphatic rings. The molecule has 0 saturated carbocycles. The molecule has 2 heterocycles. The zero-order valence-corrected chi connectivity index (χ0v) is 13.4. The maximum Gasteiger partial charge on any atom is 0.0890 e. The Kier molecular flexibility index (Phi) is 4.10. The molecule has 0 aliphatic carbocycles. The summed E-state index contributed by atoms with van der Waals surface area (Å²) in [5.74, 6) is 0.